The van der Waals surface area contributed by atoms with Crippen LogP contribution in [0.25, 0.3) is 0 Å². The normalized spacial score (nSPS) is 12.2. The van der Waals surface area contributed by atoms with E-state index in [0.717, 1.165) is 21.3 Å². The van der Waals surface area contributed by atoms with Crippen molar-refractivity contribution in [3.63, 3.8) is 0 Å². The zero-order valence-electron chi connectivity index (χ0n) is 10.4. The average Bonchev–Trinajstić information content (AvgIpc) is 2.42. The summed E-state index contributed by atoms with van der Waals surface area (Å²) in [6, 6.07) is 13.6. The van der Waals surface area contributed by atoms with Crippen molar-refractivity contribution >= 4 is 39.1 Å². The smallest absolute Gasteiger partial charge is 0.122 e. The van der Waals surface area contributed by atoms with Gasteiger partial charge in [-0.05, 0) is 45.6 Å². The quantitative estimate of drug-likeness (QED) is 0.642. The van der Waals surface area contributed by atoms with Crippen molar-refractivity contribution in [1.82, 2.24) is 0 Å². The molecule has 0 aromatic heterocycles. The van der Waals surface area contributed by atoms with Gasteiger partial charge in [0.25, 0.3) is 0 Å². The lowest BCUT2D eigenvalue weighted by Gasteiger charge is -2.14. The van der Waals surface area contributed by atoms with Crippen LogP contribution >= 0.6 is 39.1 Å². The Balaban J connectivity index is 2.26. The minimum Gasteiger partial charge on any atom is -0.496 e. The second-order valence-electron chi connectivity index (χ2n) is 4.13. The summed E-state index contributed by atoms with van der Waals surface area (Å²) in [5.74, 6) is 0.847. The van der Waals surface area contributed by atoms with Crippen LogP contribution in [0, 0.1) is 0 Å². The lowest BCUT2D eigenvalue weighted by atomic mass is 10.0. The van der Waals surface area contributed by atoms with Crippen molar-refractivity contribution in [3.05, 3.63) is 63.1 Å². The van der Waals surface area contributed by atoms with Gasteiger partial charge in [0.2, 0.25) is 0 Å². The Kier molecular flexibility index (Phi) is 5.14. The van der Waals surface area contributed by atoms with Crippen LogP contribution in [-0.2, 0) is 6.42 Å². The van der Waals surface area contributed by atoms with Gasteiger partial charge >= 0.3 is 0 Å². The van der Waals surface area contributed by atoms with Crippen LogP contribution in [0.5, 0.6) is 5.75 Å². The molecule has 0 N–H and O–H groups in total. The molecule has 2 aromatic carbocycles. The number of hydrogen-bond donors (Lipinski definition) is 0. The fourth-order valence-electron chi connectivity index (χ4n) is 1.94. The van der Waals surface area contributed by atoms with E-state index in [4.69, 9.17) is 27.9 Å². The number of methoxy groups -OCH3 is 1. The van der Waals surface area contributed by atoms with Crippen LogP contribution in [-0.4, -0.2) is 7.11 Å². The summed E-state index contributed by atoms with van der Waals surface area (Å²) >= 11 is 16.2. The van der Waals surface area contributed by atoms with E-state index in [-0.39, 0.29) is 5.38 Å². The Morgan fingerprint density at radius 1 is 1.16 bits per heavy atom. The Morgan fingerprint density at radius 2 is 1.89 bits per heavy atom. The third-order valence-electron chi connectivity index (χ3n) is 2.91. The molecule has 0 bridgehead atoms. The Morgan fingerprint density at radius 3 is 2.63 bits per heavy atom. The standard InChI is InChI=1S/C15H13BrCl2O/c1-19-14-8-3-2-5-10(14)9-13(17)11-6-4-7-12(16)15(11)18/h2-8,13H,9H2,1H3. The molecule has 0 fully saturated rings. The molecule has 19 heavy (non-hydrogen) atoms. The van der Waals surface area contributed by atoms with Gasteiger partial charge in [0.1, 0.15) is 5.75 Å². The van der Waals surface area contributed by atoms with E-state index in [2.05, 4.69) is 15.9 Å². The molecule has 0 aliphatic rings. The lowest BCUT2D eigenvalue weighted by Crippen LogP contribution is -1.99. The molecular formula is C15H13BrCl2O. The van der Waals surface area contributed by atoms with Gasteiger partial charge < -0.3 is 4.74 Å². The monoisotopic (exact) mass is 358 g/mol. The lowest BCUT2D eigenvalue weighted by molar-refractivity contribution is 0.409. The van der Waals surface area contributed by atoms with Crippen molar-refractivity contribution in [2.75, 3.05) is 7.11 Å². The summed E-state index contributed by atoms with van der Waals surface area (Å²) in [5, 5.41) is 0.471. The molecule has 1 unspecified atom stereocenters. The molecule has 0 aliphatic carbocycles. The number of rotatable bonds is 4. The fourth-order valence-corrected chi connectivity index (χ4v) is 2.98. The van der Waals surface area contributed by atoms with E-state index in [1.54, 1.807) is 7.11 Å². The average molecular weight is 360 g/mol. The van der Waals surface area contributed by atoms with E-state index in [0.29, 0.717) is 11.4 Å². The highest BCUT2D eigenvalue weighted by Crippen LogP contribution is 2.36. The van der Waals surface area contributed by atoms with E-state index in [9.17, 15) is 0 Å². The molecule has 0 saturated heterocycles. The van der Waals surface area contributed by atoms with E-state index >= 15 is 0 Å². The Labute approximate surface area is 131 Å². The minimum absolute atomic E-state index is 0.193. The van der Waals surface area contributed by atoms with E-state index in [1.165, 1.54) is 0 Å². The number of hydrogen-bond acceptors (Lipinski definition) is 1. The van der Waals surface area contributed by atoms with E-state index in [1.807, 2.05) is 42.5 Å². The highest BCUT2D eigenvalue weighted by atomic mass is 79.9. The minimum atomic E-state index is -0.193. The molecule has 1 nitrogen and oxygen atoms in total. The molecule has 0 radical (unpaired) electrons. The highest BCUT2D eigenvalue weighted by Gasteiger charge is 2.16. The Bertz CT molecular complexity index is 572. The van der Waals surface area contributed by atoms with Crippen LogP contribution in [0.4, 0.5) is 0 Å². The molecule has 100 valence electrons. The number of alkyl halides is 1. The second kappa shape index (κ2) is 6.65. The number of benzene rings is 2. The first-order valence-electron chi connectivity index (χ1n) is 5.83. The molecule has 2 rings (SSSR count). The molecule has 4 heteroatoms. The number of para-hydroxylation sites is 1. The summed E-state index contributed by atoms with van der Waals surface area (Å²) in [6.45, 7) is 0. The molecule has 0 heterocycles. The van der Waals surface area contributed by atoms with Crippen LogP contribution in [0.2, 0.25) is 5.02 Å². The maximum absolute atomic E-state index is 6.49. The third kappa shape index (κ3) is 3.44. The predicted molar refractivity (Wildman–Crippen MR) is 84.4 cm³/mol. The molecular weight excluding hydrogens is 347 g/mol. The fraction of sp³-hybridized carbons (Fsp3) is 0.200. The third-order valence-corrected chi connectivity index (χ3v) is 4.61. The van der Waals surface area contributed by atoms with Gasteiger partial charge in [-0.1, -0.05) is 41.9 Å². The second-order valence-corrected chi connectivity index (χ2v) is 5.89. The van der Waals surface area contributed by atoms with Gasteiger partial charge in [-0.15, -0.1) is 11.6 Å². The predicted octanol–water partition coefficient (Wildman–Crippen LogP) is 5.63. The molecule has 0 aliphatic heterocycles. The van der Waals surface area contributed by atoms with Crippen molar-refractivity contribution in [2.24, 2.45) is 0 Å². The number of halogens is 3. The molecule has 0 saturated carbocycles. The summed E-state index contributed by atoms with van der Waals surface area (Å²) in [7, 11) is 1.66. The molecule has 1 atom stereocenters. The van der Waals surface area contributed by atoms with Crippen molar-refractivity contribution in [3.8, 4) is 5.75 Å². The summed E-state index contributed by atoms with van der Waals surface area (Å²) in [6.07, 6.45) is 0.668. The molecule has 2 aromatic rings. The largest absolute Gasteiger partial charge is 0.496 e. The van der Waals surface area contributed by atoms with Crippen LogP contribution in [0.3, 0.4) is 0 Å². The maximum Gasteiger partial charge on any atom is 0.122 e. The van der Waals surface area contributed by atoms with Gasteiger partial charge in [-0.3, -0.25) is 0 Å². The van der Waals surface area contributed by atoms with Crippen LogP contribution in [0.15, 0.2) is 46.9 Å². The number of ether oxygens (including phenoxy) is 1. The zero-order chi connectivity index (χ0) is 13.8. The summed E-state index contributed by atoms with van der Waals surface area (Å²) in [5.41, 5.74) is 1.99. The van der Waals surface area contributed by atoms with Crippen molar-refractivity contribution in [1.29, 1.82) is 0 Å². The summed E-state index contributed by atoms with van der Waals surface area (Å²) in [4.78, 5) is 0. The maximum atomic E-state index is 6.49. The first kappa shape index (κ1) is 14.7. The van der Waals surface area contributed by atoms with Gasteiger partial charge in [0, 0.05) is 4.47 Å². The molecule has 0 amide bonds. The highest BCUT2D eigenvalue weighted by molar-refractivity contribution is 9.10. The summed E-state index contributed by atoms with van der Waals surface area (Å²) < 4.78 is 6.19. The topological polar surface area (TPSA) is 9.23 Å². The van der Waals surface area contributed by atoms with Gasteiger partial charge in [-0.2, -0.15) is 0 Å². The first-order valence-corrected chi connectivity index (χ1v) is 7.44. The van der Waals surface area contributed by atoms with E-state index < -0.39 is 0 Å². The Hall–Kier alpha value is -0.700. The van der Waals surface area contributed by atoms with Gasteiger partial charge in [0.15, 0.2) is 0 Å². The van der Waals surface area contributed by atoms with Gasteiger partial charge in [-0.25, -0.2) is 0 Å². The van der Waals surface area contributed by atoms with Crippen LogP contribution in [0.1, 0.15) is 16.5 Å². The first-order chi connectivity index (χ1) is 9.13. The van der Waals surface area contributed by atoms with Gasteiger partial charge in [0.05, 0.1) is 17.5 Å². The SMILES string of the molecule is COc1ccccc1CC(Cl)c1cccc(Br)c1Cl. The van der Waals surface area contributed by atoms with Crippen molar-refractivity contribution in [2.45, 2.75) is 11.8 Å². The zero-order valence-corrected chi connectivity index (χ0v) is 13.5. The molecule has 0 spiro atoms. The van der Waals surface area contributed by atoms with Crippen molar-refractivity contribution < 1.29 is 4.74 Å². The van der Waals surface area contributed by atoms with Crippen LogP contribution < -0.4 is 4.74 Å².